The number of fused-ring (bicyclic) bond motifs is 1. The normalized spacial score (nSPS) is 13.5. The Morgan fingerprint density at radius 1 is 1.16 bits per heavy atom. The van der Waals surface area contributed by atoms with E-state index in [1.54, 1.807) is 6.07 Å². The van der Waals surface area contributed by atoms with Crippen molar-refractivity contribution in [3.63, 3.8) is 0 Å². The lowest BCUT2D eigenvalue weighted by atomic mass is 10.1. The smallest absolute Gasteiger partial charge is 0.143 e. The highest BCUT2D eigenvalue weighted by Crippen LogP contribution is 2.35. The molecule has 0 bridgehead atoms. The minimum Gasteiger partial charge on any atom is -0.506 e. The third-order valence-corrected chi connectivity index (χ3v) is 3.45. The highest BCUT2D eigenvalue weighted by Gasteiger charge is 2.17. The largest absolute Gasteiger partial charge is 0.506 e. The fraction of sp³-hybridized carbons (Fsp3) is 0.0714. The maximum Gasteiger partial charge on any atom is 0.143 e. The zero-order valence-corrected chi connectivity index (χ0v) is 11.3. The molecule has 5 heteroatoms. The number of nitrogens with one attached hydrogen (secondary N) is 1. The van der Waals surface area contributed by atoms with Gasteiger partial charge in [0.1, 0.15) is 5.75 Å². The van der Waals surface area contributed by atoms with E-state index in [1.165, 1.54) is 6.07 Å². The molecular weight excluding hydrogens is 283 g/mol. The summed E-state index contributed by atoms with van der Waals surface area (Å²) >= 11 is 11.9. The Bertz CT molecular complexity index is 683. The van der Waals surface area contributed by atoms with Crippen LogP contribution in [0.2, 0.25) is 10.0 Å². The number of halogens is 2. The number of benzene rings is 2. The van der Waals surface area contributed by atoms with Gasteiger partial charge in [-0.05, 0) is 24.3 Å². The van der Waals surface area contributed by atoms with E-state index in [4.69, 9.17) is 23.2 Å². The summed E-state index contributed by atoms with van der Waals surface area (Å²) in [7, 11) is 0. The Labute approximate surface area is 120 Å². The molecule has 1 aliphatic rings. The average molecular weight is 293 g/mol. The number of para-hydroxylation sites is 2. The minimum atomic E-state index is 0.00555. The molecule has 2 N–H and O–H groups in total. The second-order valence-corrected chi connectivity index (χ2v) is 5.06. The molecule has 0 atom stereocenters. The van der Waals surface area contributed by atoms with Gasteiger partial charge in [-0.1, -0.05) is 35.3 Å². The van der Waals surface area contributed by atoms with E-state index >= 15 is 0 Å². The summed E-state index contributed by atoms with van der Waals surface area (Å²) in [6, 6.07) is 10.9. The molecule has 0 radical (unpaired) electrons. The minimum absolute atomic E-state index is 0.00555. The molecule has 0 amide bonds. The third-order valence-electron chi connectivity index (χ3n) is 2.94. The number of hydrogen-bond acceptors (Lipinski definition) is 3. The summed E-state index contributed by atoms with van der Waals surface area (Å²) < 4.78 is 0. The first-order chi connectivity index (χ1) is 9.15. The number of aromatic hydroxyl groups is 1. The average Bonchev–Trinajstić information content (AvgIpc) is 2.42. The SMILES string of the molecule is Oc1c(Cl)cc(Cl)cc1C1=Nc2ccccc2NC1. The molecule has 0 aliphatic carbocycles. The van der Waals surface area contributed by atoms with Crippen LogP contribution in [0, 0.1) is 0 Å². The lowest BCUT2D eigenvalue weighted by molar-refractivity contribution is 0.474. The summed E-state index contributed by atoms with van der Waals surface area (Å²) in [5.74, 6) is 0.00555. The summed E-state index contributed by atoms with van der Waals surface area (Å²) in [6.45, 7) is 0.515. The number of phenols is 1. The van der Waals surface area contributed by atoms with Crippen LogP contribution in [0.5, 0.6) is 5.75 Å². The van der Waals surface area contributed by atoms with Crippen molar-refractivity contribution >= 4 is 40.3 Å². The van der Waals surface area contributed by atoms with Gasteiger partial charge in [-0.25, -0.2) is 4.99 Å². The maximum atomic E-state index is 10.0. The maximum absolute atomic E-state index is 10.0. The van der Waals surface area contributed by atoms with Gasteiger partial charge >= 0.3 is 0 Å². The van der Waals surface area contributed by atoms with Crippen LogP contribution in [0.4, 0.5) is 11.4 Å². The van der Waals surface area contributed by atoms with Crippen molar-refractivity contribution in [1.82, 2.24) is 0 Å². The first kappa shape index (κ1) is 12.3. The predicted octanol–water partition coefficient (Wildman–Crippen LogP) is 4.25. The van der Waals surface area contributed by atoms with Crippen LogP contribution in [0.15, 0.2) is 41.4 Å². The van der Waals surface area contributed by atoms with E-state index in [2.05, 4.69) is 10.3 Å². The predicted molar refractivity (Wildman–Crippen MR) is 79.3 cm³/mol. The summed E-state index contributed by atoms with van der Waals surface area (Å²) in [5, 5.41) is 14.0. The summed E-state index contributed by atoms with van der Waals surface area (Å²) in [5.41, 5.74) is 3.07. The molecular formula is C14H10Cl2N2O. The number of phenolic OH excluding ortho intramolecular Hbond substituents is 1. The van der Waals surface area contributed by atoms with Crippen molar-refractivity contribution in [2.45, 2.75) is 0 Å². The standard InChI is InChI=1S/C14H10Cl2N2O/c15-8-5-9(14(19)10(16)6-8)13-7-17-11-3-1-2-4-12(11)18-13/h1-6,17,19H,7H2. The first-order valence-corrected chi connectivity index (χ1v) is 6.49. The molecule has 0 fully saturated rings. The molecule has 2 aromatic carbocycles. The van der Waals surface area contributed by atoms with Crippen molar-refractivity contribution < 1.29 is 5.11 Å². The molecule has 0 unspecified atom stereocenters. The van der Waals surface area contributed by atoms with Crippen molar-refractivity contribution in [2.75, 3.05) is 11.9 Å². The molecule has 3 nitrogen and oxygen atoms in total. The zero-order valence-electron chi connectivity index (χ0n) is 9.82. The van der Waals surface area contributed by atoms with E-state index in [-0.39, 0.29) is 10.8 Å². The molecule has 0 saturated heterocycles. The number of nitrogens with zero attached hydrogens (tertiary/aromatic N) is 1. The highest BCUT2D eigenvalue weighted by atomic mass is 35.5. The molecule has 1 aliphatic heterocycles. The van der Waals surface area contributed by atoms with Crippen LogP contribution in [0.1, 0.15) is 5.56 Å². The molecule has 96 valence electrons. The van der Waals surface area contributed by atoms with Gasteiger partial charge in [0.05, 0.1) is 28.7 Å². The van der Waals surface area contributed by atoms with E-state index in [1.807, 2.05) is 24.3 Å². The van der Waals surface area contributed by atoms with Crippen molar-refractivity contribution in [2.24, 2.45) is 4.99 Å². The van der Waals surface area contributed by atoms with Gasteiger partial charge in [0.25, 0.3) is 0 Å². The Morgan fingerprint density at radius 2 is 1.95 bits per heavy atom. The van der Waals surface area contributed by atoms with Gasteiger partial charge in [0, 0.05) is 10.6 Å². The molecule has 0 aromatic heterocycles. The number of anilines is 1. The number of aliphatic imine (C=N–C) groups is 1. The van der Waals surface area contributed by atoms with Crippen LogP contribution in [0.25, 0.3) is 0 Å². The second-order valence-electron chi connectivity index (χ2n) is 4.21. The fourth-order valence-electron chi connectivity index (χ4n) is 2.03. The fourth-order valence-corrected chi connectivity index (χ4v) is 2.52. The Morgan fingerprint density at radius 3 is 2.79 bits per heavy atom. The topological polar surface area (TPSA) is 44.6 Å². The zero-order chi connectivity index (χ0) is 13.4. The first-order valence-electron chi connectivity index (χ1n) is 5.74. The second kappa shape index (κ2) is 4.76. The summed E-state index contributed by atoms with van der Waals surface area (Å²) in [4.78, 5) is 4.54. The monoisotopic (exact) mass is 292 g/mol. The van der Waals surface area contributed by atoms with Gasteiger partial charge in [-0.15, -0.1) is 0 Å². The van der Waals surface area contributed by atoms with E-state index in [0.29, 0.717) is 22.8 Å². The van der Waals surface area contributed by atoms with E-state index in [9.17, 15) is 5.11 Å². The lowest BCUT2D eigenvalue weighted by Gasteiger charge is -2.18. The molecule has 19 heavy (non-hydrogen) atoms. The Hall–Kier alpha value is -1.71. The van der Waals surface area contributed by atoms with Crippen LogP contribution in [-0.4, -0.2) is 17.4 Å². The molecule has 0 saturated carbocycles. The lowest BCUT2D eigenvalue weighted by Crippen LogP contribution is -2.18. The van der Waals surface area contributed by atoms with E-state index in [0.717, 1.165) is 11.4 Å². The third kappa shape index (κ3) is 2.27. The Balaban J connectivity index is 2.12. The van der Waals surface area contributed by atoms with Crippen LogP contribution in [-0.2, 0) is 0 Å². The van der Waals surface area contributed by atoms with Crippen LogP contribution in [0.3, 0.4) is 0 Å². The van der Waals surface area contributed by atoms with Gasteiger partial charge < -0.3 is 10.4 Å². The van der Waals surface area contributed by atoms with Gasteiger partial charge in [0.2, 0.25) is 0 Å². The van der Waals surface area contributed by atoms with Crippen LogP contribution >= 0.6 is 23.2 Å². The van der Waals surface area contributed by atoms with Crippen molar-refractivity contribution in [3.8, 4) is 5.75 Å². The molecule has 2 aromatic rings. The molecule has 3 rings (SSSR count). The van der Waals surface area contributed by atoms with E-state index < -0.39 is 0 Å². The van der Waals surface area contributed by atoms with Crippen LogP contribution < -0.4 is 5.32 Å². The quantitative estimate of drug-likeness (QED) is 0.825. The van der Waals surface area contributed by atoms with Crippen molar-refractivity contribution in [3.05, 3.63) is 52.0 Å². The number of hydrogen-bond donors (Lipinski definition) is 2. The van der Waals surface area contributed by atoms with Gasteiger partial charge in [-0.2, -0.15) is 0 Å². The highest BCUT2D eigenvalue weighted by molar-refractivity contribution is 6.36. The number of rotatable bonds is 1. The van der Waals surface area contributed by atoms with Gasteiger partial charge in [-0.3, -0.25) is 0 Å². The molecule has 0 spiro atoms. The Kier molecular flexibility index (Phi) is 3.09. The molecule has 1 heterocycles. The summed E-state index contributed by atoms with van der Waals surface area (Å²) in [6.07, 6.45) is 0. The van der Waals surface area contributed by atoms with Gasteiger partial charge in [0.15, 0.2) is 0 Å². The van der Waals surface area contributed by atoms with Crippen molar-refractivity contribution in [1.29, 1.82) is 0 Å².